The molecule has 0 aliphatic heterocycles. The van der Waals surface area contributed by atoms with Crippen molar-refractivity contribution in [3.63, 3.8) is 0 Å². The van der Waals surface area contributed by atoms with E-state index < -0.39 is 0 Å². The Bertz CT molecular complexity index is 234. The highest BCUT2D eigenvalue weighted by Crippen LogP contribution is 2.37. The van der Waals surface area contributed by atoms with E-state index in [-0.39, 0.29) is 0 Å². The van der Waals surface area contributed by atoms with Crippen molar-refractivity contribution in [1.82, 2.24) is 0 Å². The van der Waals surface area contributed by atoms with E-state index in [4.69, 9.17) is 4.74 Å². The average molecular weight is 280 g/mol. The first-order valence-corrected chi connectivity index (χ1v) is 9.34. The van der Waals surface area contributed by atoms with Crippen molar-refractivity contribution in [2.45, 2.75) is 96.5 Å². The van der Waals surface area contributed by atoms with E-state index in [0.29, 0.717) is 6.10 Å². The molecule has 2 aliphatic rings. The summed E-state index contributed by atoms with van der Waals surface area (Å²) in [6.07, 6.45) is 19.5. The van der Waals surface area contributed by atoms with E-state index in [0.717, 1.165) is 17.8 Å². The Morgan fingerprint density at radius 3 is 1.60 bits per heavy atom. The normalized spacial score (nSPS) is 35.1. The molecule has 2 aliphatic carbocycles. The fraction of sp³-hybridized carbons (Fsp3) is 1.00. The summed E-state index contributed by atoms with van der Waals surface area (Å²) in [6, 6.07) is 0. The Kier molecular flexibility index (Phi) is 7.41. The van der Waals surface area contributed by atoms with Gasteiger partial charge in [0, 0.05) is 7.11 Å². The van der Waals surface area contributed by atoms with Crippen molar-refractivity contribution in [1.29, 1.82) is 0 Å². The molecule has 0 atom stereocenters. The number of rotatable bonds is 7. The largest absolute Gasteiger partial charge is 0.381 e. The molecule has 0 heterocycles. The summed E-state index contributed by atoms with van der Waals surface area (Å²) in [7, 11) is 1.88. The molecule has 2 rings (SSSR count). The van der Waals surface area contributed by atoms with Crippen LogP contribution in [0.5, 0.6) is 0 Å². The van der Waals surface area contributed by atoms with Crippen molar-refractivity contribution in [3.05, 3.63) is 0 Å². The van der Waals surface area contributed by atoms with Crippen LogP contribution in [0.4, 0.5) is 0 Å². The van der Waals surface area contributed by atoms with Crippen molar-refractivity contribution in [2.75, 3.05) is 7.11 Å². The zero-order chi connectivity index (χ0) is 14.2. The summed E-state index contributed by atoms with van der Waals surface area (Å²) in [6.45, 7) is 2.32. The van der Waals surface area contributed by atoms with Gasteiger partial charge in [0.05, 0.1) is 6.10 Å². The molecule has 1 nitrogen and oxygen atoms in total. The molecule has 0 aromatic rings. The Hall–Kier alpha value is -0.0400. The second kappa shape index (κ2) is 9.07. The van der Waals surface area contributed by atoms with E-state index in [2.05, 4.69) is 6.92 Å². The molecule has 0 spiro atoms. The van der Waals surface area contributed by atoms with Gasteiger partial charge in [0.1, 0.15) is 0 Å². The second-order valence-corrected chi connectivity index (χ2v) is 7.48. The topological polar surface area (TPSA) is 9.23 Å². The van der Waals surface area contributed by atoms with E-state index in [9.17, 15) is 0 Å². The first-order chi connectivity index (χ1) is 9.81. The highest BCUT2D eigenvalue weighted by molar-refractivity contribution is 4.76. The Morgan fingerprint density at radius 2 is 1.15 bits per heavy atom. The maximum Gasteiger partial charge on any atom is 0.0571 e. The van der Waals surface area contributed by atoms with Crippen LogP contribution in [0.1, 0.15) is 90.4 Å². The van der Waals surface area contributed by atoms with Gasteiger partial charge in [0.2, 0.25) is 0 Å². The lowest BCUT2D eigenvalue weighted by Crippen LogP contribution is -2.21. The van der Waals surface area contributed by atoms with E-state index in [1.807, 2.05) is 7.11 Å². The molecule has 0 amide bonds. The lowest BCUT2D eigenvalue weighted by molar-refractivity contribution is 0.0540. The minimum atomic E-state index is 0.570. The zero-order valence-electron chi connectivity index (χ0n) is 13.9. The Balaban J connectivity index is 1.55. The van der Waals surface area contributed by atoms with Crippen LogP contribution >= 0.6 is 0 Å². The van der Waals surface area contributed by atoms with Crippen LogP contribution in [0.2, 0.25) is 0 Å². The molecule has 0 radical (unpaired) electrons. The molecule has 0 unspecified atom stereocenters. The van der Waals surface area contributed by atoms with Crippen molar-refractivity contribution >= 4 is 0 Å². The number of unbranched alkanes of at least 4 members (excludes halogenated alkanes) is 1. The third-order valence-corrected chi connectivity index (χ3v) is 6.04. The van der Waals surface area contributed by atoms with Gasteiger partial charge >= 0.3 is 0 Å². The summed E-state index contributed by atoms with van der Waals surface area (Å²) in [5.41, 5.74) is 0. The van der Waals surface area contributed by atoms with Gasteiger partial charge in [-0.3, -0.25) is 0 Å². The Morgan fingerprint density at radius 1 is 0.700 bits per heavy atom. The van der Waals surface area contributed by atoms with Crippen LogP contribution in [0.3, 0.4) is 0 Å². The summed E-state index contributed by atoms with van der Waals surface area (Å²) in [5, 5.41) is 0. The number of methoxy groups -OCH3 is 1. The standard InChI is InChI=1S/C19H36O/c1-3-4-5-16-6-8-17(9-7-16)10-11-18-12-14-19(20-2)15-13-18/h16-19H,3-15H2,1-2H3/t16-,17-,18-,19-. The average Bonchev–Trinajstić information content (AvgIpc) is 2.52. The lowest BCUT2D eigenvalue weighted by atomic mass is 9.76. The zero-order valence-corrected chi connectivity index (χ0v) is 13.9. The molecule has 0 aromatic carbocycles. The third-order valence-electron chi connectivity index (χ3n) is 6.04. The predicted octanol–water partition coefficient (Wildman–Crippen LogP) is 5.97. The van der Waals surface area contributed by atoms with E-state index in [1.165, 1.54) is 83.5 Å². The summed E-state index contributed by atoms with van der Waals surface area (Å²) >= 11 is 0. The predicted molar refractivity (Wildman–Crippen MR) is 87.0 cm³/mol. The molecule has 20 heavy (non-hydrogen) atoms. The van der Waals surface area contributed by atoms with E-state index >= 15 is 0 Å². The number of hydrogen-bond acceptors (Lipinski definition) is 1. The van der Waals surface area contributed by atoms with Crippen LogP contribution in [0.25, 0.3) is 0 Å². The van der Waals surface area contributed by atoms with Gasteiger partial charge in [-0.25, -0.2) is 0 Å². The summed E-state index contributed by atoms with van der Waals surface area (Å²) in [4.78, 5) is 0. The molecule has 2 saturated carbocycles. The maximum atomic E-state index is 5.48. The lowest BCUT2D eigenvalue weighted by Gasteiger charge is -2.31. The van der Waals surface area contributed by atoms with Gasteiger partial charge in [-0.1, -0.05) is 64.7 Å². The molecular formula is C19H36O. The summed E-state index contributed by atoms with van der Waals surface area (Å²) < 4.78 is 5.48. The first kappa shape index (κ1) is 16.3. The van der Waals surface area contributed by atoms with Crippen LogP contribution in [-0.4, -0.2) is 13.2 Å². The monoisotopic (exact) mass is 280 g/mol. The maximum absolute atomic E-state index is 5.48. The fourth-order valence-corrected chi connectivity index (χ4v) is 4.43. The van der Waals surface area contributed by atoms with Crippen molar-refractivity contribution < 1.29 is 4.74 Å². The minimum absolute atomic E-state index is 0.570. The van der Waals surface area contributed by atoms with Crippen molar-refractivity contribution in [2.24, 2.45) is 17.8 Å². The molecule has 1 heteroatoms. The molecule has 118 valence electrons. The molecule has 0 aromatic heterocycles. The van der Waals surface area contributed by atoms with Gasteiger partial charge in [0.15, 0.2) is 0 Å². The van der Waals surface area contributed by atoms with Gasteiger partial charge in [-0.15, -0.1) is 0 Å². The van der Waals surface area contributed by atoms with E-state index in [1.54, 1.807) is 0 Å². The third kappa shape index (κ3) is 5.39. The molecule has 0 N–H and O–H groups in total. The first-order valence-electron chi connectivity index (χ1n) is 9.34. The van der Waals surface area contributed by atoms with Crippen LogP contribution in [0, 0.1) is 17.8 Å². The Labute approximate surface area is 126 Å². The van der Waals surface area contributed by atoms with Gasteiger partial charge in [0.25, 0.3) is 0 Å². The highest BCUT2D eigenvalue weighted by atomic mass is 16.5. The quantitative estimate of drug-likeness (QED) is 0.558. The number of hydrogen-bond donors (Lipinski definition) is 0. The second-order valence-electron chi connectivity index (χ2n) is 7.48. The van der Waals surface area contributed by atoms with Gasteiger partial charge < -0.3 is 4.74 Å². The van der Waals surface area contributed by atoms with Gasteiger partial charge in [-0.05, 0) is 43.4 Å². The van der Waals surface area contributed by atoms with Crippen LogP contribution < -0.4 is 0 Å². The smallest absolute Gasteiger partial charge is 0.0571 e. The van der Waals surface area contributed by atoms with Crippen LogP contribution in [0.15, 0.2) is 0 Å². The fourth-order valence-electron chi connectivity index (χ4n) is 4.43. The minimum Gasteiger partial charge on any atom is -0.381 e. The highest BCUT2D eigenvalue weighted by Gasteiger charge is 2.24. The molecular weight excluding hydrogens is 244 g/mol. The number of ether oxygens (including phenoxy) is 1. The molecule has 0 saturated heterocycles. The van der Waals surface area contributed by atoms with Gasteiger partial charge in [-0.2, -0.15) is 0 Å². The molecule has 2 fully saturated rings. The molecule has 0 bridgehead atoms. The van der Waals surface area contributed by atoms with Crippen LogP contribution in [-0.2, 0) is 4.74 Å². The summed E-state index contributed by atoms with van der Waals surface area (Å²) in [5.74, 6) is 3.15. The van der Waals surface area contributed by atoms with Crippen molar-refractivity contribution in [3.8, 4) is 0 Å². The SMILES string of the molecule is CCCC[C@H]1CC[C@H](CC[C@H]2CC[C@H](OC)CC2)CC1.